The number of nitrogens with zero attached hydrogens (tertiary/aromatic N) is 2. The average Bonchev–Trinajstić information content (AvgIpc) is 3.21. The summed E-state index contributed by atoms with van der Waals surface area (Å²) in [5.74, 6) is 1.25. The van der Waals surface area contributed by atoms with Crippen molar-refractivity contribution in [3.05, 3.63) is 83.7 Å². The molecule has 0 aliphatic heterocycles. The van der Waals surface area contributed by atoms with Gasteiger partial charge in [-0.25, -0.2) is 0 Å². The second kappa shape index (κ2) is 10.5. The van der Waals surface area contributed by atoms with E-state index >= 15 is 0 Å². The van der Waals surface area contributed by atoms with E-state index in [9.17, 15) is 4.79 Å². The number of rotatable bonds is 10. The largest absolute Gasteiger partial charge is 0.493 e. The molecule has 0 unspecified atom stereocenters. The van der Waals surface area contributed by atoms with Crippen LogP contribution in [0.25, 0.3) is 0 Å². The van der Waals surface area contributed by atoms with Gasteiger partial charge in [-0.15, -0.1) is 0 Å². The number of hydrogen-bond donors (Lipinski definition) is 1. The van der Waals surface area contributed by atoms with Crippen molar-refractivity contribution in [2.75, 3.05) is 34.4 Å². The summed E-state index contributed by atoms with van der Waals surface area (Å²) >= 11 is 0. The van der Waals surface area contributed by atoms with Crippen molar-refractivity contribution in [2.24, 2.45) is 0 Å². The Bertz CT molecular complexity index is 951. The molecule has 2 aromatic carbocycles. The number of ether oxygens (including phenoxy) is 2. The number of benzene rings is 2. The molecule has 0 radical (unpaired) electrons. The third kappa shape index (κ3) is 5.87. The fourth-order valence-electron chi connectivity index (χ4n) is 3.09. The Hall–Kier alpha value is -3.25. The number of carbonyl (C=O) groups is 1. The van der Waals surface area contributed by atoms with Crippen LogP contribution in [0, 0.1) is 0 Å². The summed E-state index contributed by atoms with van der Waals surface area (Å²) in [6.45, 7) is 2.47. The Balaban J connectivity index is 1.60. The molecule has 0 spiro atoms. The SMILES string of the molecule is COc1cc(CNC(=O)c2cccn2Cc2ccccc2)ccc1OCCN(C)C. The average molecular weight is 408 g/mol. The maximum Gasteiger partial charge on any atom is 0.268 e. The van der Waals surface area contributed by atoms with Crippen molar-refractivity contribution < 1.29 is 14.3 Å². The number of hydrogen-bond acceptors (Lipinski definition) is 4. The van der Waals surface area contributed by atoms with Crippen LogP contribution in [0.3, 0.4) is 0 Å². The minimum Gasteiger partial charge on any atom is -0.493 e. The molecular formula is C24H29N3O3. The number of aromatic nitrogens is 1. The van der Waals surface area contributed by atoms with E-state index in [-0.39, 0.29) is 5.91 Å². The molecule has 158 valence electrons. The fourth-order valence-corrected chi connectivity index (χ4v) is 3.09. The molecule has 1 aromatic heterocycles. The van der Waals surface area contributed by atoms with E-state index in [0.717, 1.165) is 17.7 Å². The smallest absolute Gasteiger partial charge is 0.268 e. The molecule has 6 heteroatoms. The molecule has 3 aromatic rings. The van der Waals surface area contributed by atoms with Crippen LogP contribution in [-0.4, -0.2) is 49.7 Å². The molecule has 0 saturated carbocycles. The molecule has 30 heavy (non-hydrogen) atoms. The Morgan fingerprint density at radius 3 is 2.53 bits per heavy atom. The monoisotopic (exact) mass is 407 g/mol. The van der Waals surface area contributed by atoms with Crippen molar-refractivity contribution in [3.63, 3.8) is 0 Å². The molecule has 0 aliphatic rings. The van der Waals surface area contributed by atoms with Crippen molar-refractivity contribution in [2.45, 2.75) is 13.1 Å². The van der Waals surface area contributed by atoms with Gasteiger partial charge in [0.25, 0.3) is 5.91 Å². The number of carbonyl (C=O) groups excluding carboxylic acids is 1. The number of methoxy groups -OCH3 is 1. The highest BCUT2D eigenvalue weighted by molar-refractivity contribution is 5.92. The third-order valence-corrected chi connectivity index (χ3v) is 4.74. The van der Waals surface area contributed by atoms with E-state index in [1.165, 1.54) is 0 Å². The lowest BCUT2D eigenvalue weighted by Gasteiger charge is -2.15. The van der Waals surface area contributed by atoms with Crippen LogP contribution in [0.4, 0.5) is 0 Å². The molecule has 6 nitrogen and oxygen atoms in total. The zero-order valence-electron chi connectivity index (χ0n) is 17.8. The highest BCUT2D eigenvalue weighted by Crippen LogP contribution is 2.28. The second-order valence-corrected chi connectivity index (χ2v) is 7.33. The highest BCUT2D eigenvalue weighted by Gasteiger charge is 2.12. The van der Waals surface area contributed by atoms with Crippen molar-refractivity contribution >= 4 is 5.91 Å². The molecule has 0 atom stereocenters. The van der Waals surface area contributed by atoms with Crippen LogP contribution in [0.1, 0.15) is 21.6 Å². The molecule has 0 aliphatic carbocycles. The third-order valence-electron chi connectivity index (χ3n) is 4.74. The van der Waals surface area contributed by atoms with Gasteiger partial charge in [-0.1, -0.05) is 36.4 Å². The number of amides is 1. The van der Waals surface area contributed by atoms with Gasteiger partial charge in [-0.2, -0.15) is 0 Å². The number of likely N-dealkylation sites (N-methyl/N-ethyl adjacent to an activating group) is 1. The zero-order valence-corrected chi connectivity index (χ0v) is 17.8. The minimum atomic E-state index is -0.110. The summed E-state index contributed by atoms with van der Waals surface area (Å²) in [6, 6.07) is 19.5. The Kier molecular flexibility index (Phi) is 7.51. The molecule has 1 heterocycles. The molecule has 1 amide bonds. The van der Waals surface area contributed by atoms with Gasteiger partial charge >= 0.3 is 0 Å². The van der Waals surface area contributed by atoms with Crippen LogP contribution < -0.4 is 14.8 Å². The van der Waals surface area contributed by atoms with E-state index in [1.54, 1.807) is 7.11 Å². The maximum absolute atomic E-state index is 12.7. The molecule has 0 fully saturated rings. The van der Waals surface area contributed by atoms with E-state index < -0.39 is 0 Å². The second-order valence-electron chi connectivity index (χ2n) is 7.33. The van der Waals surface area contributed by atoms with Crippen LogP contribution in [0.2, 0.25) is 0 Å². The molecule has 3 rings (SSSR count). The first-order valence-electron chi connectivity index (χ1n) is 9.98. The van der Waals surface area contributed by atoms with Crippen LogP contribution in [0.5, 0.6) is 11.5 Å². The summed E-state index contributed by atoms with van der Waals surface area (Å²) in [7, 11) is 5.62. The number of nitrogens with one attached hydrogen (secondary N) is 1. The van der Waals surface area contributed by atoms with Gasteiger partial charge in [0.2, 0.25) is 0 Å². The normalized spacial score (nSPS) is 10.8. The summed E-state index contributed by atoms with van der Waals surface area (Å²) in [5, 5.41) is 2.99. The molecular weight excluding hydrogens is 378 g/mol. The topological polar surface area (TPSA) is 55.7 Å². The van der Waals surface area contributed by atoms with Crippen LogP contribution in [-0.2, 0) is 13.1 Å². The van der Waals surface area contributed by atoms with Gasteiger partial charge in [-0.3, -0.25) is 4.79 Å². The fraction of sp³-hybridized carbons (Fsp3) is 0.292. The first-order chi connectivity index (χ1) is 14.6. The lowest BCUT2D eigenvalue weighted by Crippen LogP contribution is -2.25. The highest BCUT2D eigenvalue weighted by atomic mass is 16.5. The first kappa shape index (κ1) is 21.5. The maximum atomic E-state index is 12.7. The van der Waals surface area contributed by atoms with Gasteiger partial charge in [0, 0.05) is 25.8 Å². The minimum absolute atomic E-state index is 0.110. The van der Waals surface area contributed by atoms with Crippen molar-refractivity contribution in [1.82, 2.24) is 14.8 Å². The molecule has 0 saturated heterocycles. The Morgan fingerprint density at radius 1 is 1.00 bits per heavy atom. The van der Waals surface area contributed by atoms with E-state index in [2.05, 4.69) is 22.3 Å². The standard InChI is InChI=1S/C24H29N3O3/c1-26(2)14-15-30-22-12-11-20(16-23(22)29-3)17-25-24(28)21-10-7-13-27(21)18-19-8-5-4-6-9-19/h4-13,16H,14-15,17-18H2,1-3H3,(H,25,28). The van der Waals surface area contributed by atoms with Crippen molar-refractivity contribution in [3.8, 4) is 11.5 Å². The molecule has 1 N–H and O–H groups in total. The zero-order chi connectivity index (χ0) is 21.3. The van der Waals surface area contributed by atoms with Gasteiger partial charge in [0.15, 0.2) is 11.5 Å². The van der Waals surface area contributed by atoms with Gasteiger partial charge < -0.3 is 24.3 Å². The molecule has 0 bridgehead atoms. The Morgan fingerprint density at radius 2 is 1.80 bits per heavy atom. The van der Waals surface area contributed by atoms with Crippen LogP contribution in [0.15, 0.2) is 66.9 Å². The Labute approximate surface area is 178 Å². The van der Waals surface area contributed by atoms with E-state index in [0.29, 0.717) is 36.9 Å². The lowest BCUT2D eigenvalue weighted by atomic mass is 10.2. The quantitative estimate of drug-likeness (QED) is 0.560. The summed E-state index contributed by atoms with van der Waals surface area (Å²) in [4.78, 5) is 14.8. The predicted octanol–water partition coefficient (Wildman–Crippen LogP) is 3.42. The first-order valence-corrected chi connectivity index (χ1v) is 9.98. The van der Waals surface area contributed by atoms with Gasteiger partial charge in [0.1, 0.15) is 12.3 Å². The summed E-state index contributed by atoms with van der Waals surface area (Å²) < 4.78 is 13.2. The predicted molar refractivity (Wildman–Crippen MR) is 118 cm³/mol. The van der Waals surface area contributed by atoms with E-state index in [1.807, 2.05) is 73.4 Å². The summed E-state index contributed by atoms with van der Waals surface area (Å²) in [5.41, 5.74) is 2.73. The van der Waals surface area contributed by atoms with Gasteiger partial charge in [0.05, 0.1) is 7.11 Å². The summed E-state index contributed by atoms with van der Waals surface area (Å²) in [6.07, 6.45) is 1.92. The van der Waals surface area contributed by atoms with Crippen LogP contribution >= 0.6 is 0 Å². The van der Waals surface area contributed by atoms with Crippen molar-refractivity contribution in [1.29, 1.82) is 0 Å². The van der Waals surface area contributed by atoms with Gasteiger partial charge in [-0.05, 0) is 49.5 Å². The lowest BCUT2D eigenvalue weighted by molar-refractivity contribution is 0.0942. The van der Waals surface area contributed by atoms with E-state index in [4.69, 9.17) is 9.47 Å².